The summed E-state index contributed by atoms with van der Waals surface area (Å²) in [6.45, 7) is 1.40. The number of amides is 1. The molecule has 1 N–H and O–H groups in total. The van der Waals surface area contributed by atoms with E-state index in [9.17, 15) is 23.3 Å². The maximum absolute atomic E-state index is 12.2. The molecule has 2 rings (SSSR count). The first-order chi connectivity index (χ1) is 9.70. The number of carbonyl (C=O) groups excluding carboxylic acids is 1. The van der Waals surface area contributed by atoms with Crippen molar-refractivity contribution in [1.29, 1.82) is 0 Å². The molecular weight excluding hydrogens is 320 g/mol. The van der Waals surface area contributed by atoms with E-state index in [0.717, 1.165) is 31.4 Å². The van der Waals surface area contributed by atoms with Crippen molar-refractivity contribution in [2.75, 3.05) is 0 Å². The average Bonchev–Trinajstić information content (AvgIpc) is 2.32. The third kappa shape index (κ3) is 3.33. The topological polar surface area (TPSA) is 106 Å². The van der Waals surface area contributed by atoms with Crippen LogP contribution in [0, 0.1) is 17.0 Å². The molecular formula is C12H13ClN2O5S. The van der Waals surface area contributed by atoms with Gasteiger partial charge in [0.2, 0.25) is 0 Å². The minimum atomic E-state index is -4.18. The Kier molecular flexibility index (Phi) is 4.20. The first-order valence-electron chi connectivity index (χ1n) is 6.24. The number of nitrogens with one attached hydrogen (secondary N) is 1. The largest absolute Gasteiger partial charge is 0.349 e. The van der Waals surface area contributed by atoms with Gasteiger partial charge in [-0.05, 0) is 31.7 Å². The zero-order valence-corrected chi connectivity index (χ0v) is 12.7. The molecule has 0 bridgehead atoms. The van der Waals surface area contributed by atoms with Crippen molar-refractivity contribution in [1.82, 2.24) is 5.32 Å². The fourth-order valence-electron chi connectivity index (χ4n) is 2.08. The number of nitro groups is 1. The number of benzene rings is 1. The molecule has 21 heavy (non-hydrogen) atoms. The molecule has 7 nitrogen and oxygen atoms in total. The smallest absolute Gasteiger partial charge is 0.271 e. The van der Waals surface area contributed by atoms with Gasteiger partial charge in [0.15, 0.2) is 0 Å². The van der Waals surface area contributed by atoms with Crippen LogP contribution in [0.5, 0.6) is 0 Å². The highest BCUT2D eigenvalue weighted by Crippen LogP contribution is 2.28. The van der Waals surface area contributed by atoms with E-state index in [0.29, 0.717) is 0 Å². The summed E-state index contributed by atoms with van der Waals surface area (Å²) in [5.74, 6) is -0.525. The van der Waals surface area contributed by atoms with Gasteiger partial charge in [-0.25, -0.2) is 8.42 Å². The summed E-state index contributed by atoms with van der Waals surface area (Å²) in [5, 5.41) is 13.6. The first-order valence-corrected chi connectivity index (χ1v) is 8.55. The van der Waals surface area contributed by atoms with Crippen molar-refractivity contribution in [2.24, 2.45) is 0 Å². The van der Waals surface area contributed by atoms with Crippen LogP contribution in [0.2, 0.25) is 0 Å². The maximum Gasteiger partial charge on any atom is 0.271 e. The van der Waals surface area contributed by atoms with E-state index in [-0.39, 0.29) is 17.2 Å². The summed E-state index contributed by atoms with van der Waals surface area (Å²) in [5.41, 5.74) is -0.429. The van der Waals surface area contributed by atoms with Crippen molar-refractivity contribution in [3.63, 3.8) is 0 Å². The molecule has 0 radical (unpaired) electrons. The third-order valence-corrected chi connectivity index (χ3v) is 4.95. The zero-order valence-electron chi connectivity index (χ0n) is 11.1. The van der Waals surface area contributed by atoms with Gasteiger partial charge in [0.1, 0.15) is 0 Å². The summed E-state index contributed by atoms with van der Waals surface area (Å²) >= 11 is 0. The number of hydrogen-bond acceptors (Lipinski definition) is 5. The fraction of sp³-hybridized carbons (Fsp3) is 0.417. The molecule has 0 aromatic heterocycles. The number of halogens is 1. The lowest BCUT2D eigenvalue weighted by atomic mass is 9.92. The quantitative estimate of drug-likeness (QED) is 0.516. The van der Waals surface area contributed by atoms with Gasteiger partial charge in [0, 0.05) is 28.9 Å². The van der Waals surface area contributed by atoms with Crippen molar-refractivity contribution in [3.05, 3.63) is 33.4 Å². The van der Waals surface area contributed by atoms with Crippen LogP contribution in [-0.2, 0) is 9.05 Å². The SMILES string of the molecule is Cc1c(C(=O)NC2CCC2)cc([N+](=O)[O-])cc1S(=O)(=O)Cl. The molecule has 0 aliphatic heterocycles. The van der Waals surface area contributed by atoms with E-state index < -0.39 is 30.5 Å². The van der Waals surface area contributed by atoms with Crippen LogP contribution < -0.4 is 5.32 Å². The Hall–Kier alpha value is -1.67. The number of nitrogens with zero attached hydrogens (tertiary/aromatic N) is 1. The van der Waals surface area contributed by atoms with Gasteiger partial charge in [-0.3, -0.25) is 14.9 Å². The maximum atomic E-state index is 12.2. The zero-order chi connectivity index (χ0) is 15.8. The average molecular weight is 333 g/mol. The van der Waals surface area contributed by atoms with Gasteiger partial charge < -0.3 is 5.32 Å². The standard InChI is InChI=1S/C12H13ClN2O5S/c1-7-10(12(16)14-8-3-2-4-8)5-9(15(17)18)6-11(7)21(13,19)20/h5-6,8H,2-4H2,1H3,(H,14,16). The van der Waals surface area contributed by atoms with E-state index in [1.54, 1.807) is 0 Å². The van der Waals surface area contributed by atoms with Gasteiger partial charge >= 0.3 is 0 Å². The normalized spacial score (nSPS) is 15.3. The van der Waals surface area contributed by atoms with E-state index in [4.69, 9.17) is 10.7 Å². The second-order valence-electron chi connectivity index (χ2n) is 4.91. The highest BCUT2D eigenvalue weighted by atomic mass is 35.7. The minimum Gasteiger partial charge on any atom is -0.349 e. The van der Waals surface area contributed by atoms with E-state index >= 15 is 0 Å². The molecule has 0 saturated heterocycles. The van der Waals surface area contributed by atoms with Crippen molar-refractivity contribution in [3.8, 4) is 0 Å². The molecule has 1 aromatic rings. The Balaban J connectivity index is 2.50. The molecule has 1 aliphatic carbocycles. The van der Waals surface area contributed by atoms with Gasteiger partial charge in [0.25, 0.3) is 20.6 Å². The lowest BCUT2D eigenvalue weighted by Crippen LogP contribution is -2.39. The van der Waals surface area contributed by atoms with Gasteiger partial charge in [-0.1, -0.05) is 0 Å². The van der Waals surface area contributed by atoms with Crippen molar-refractivity contribution >= 4 is 31.3 Å². The molecule has 1 fully saturated rings. The minimum absolute atomic E-state index is 0.0345. The lowest BCUT2D eigenvalue weighted by molar-refractivity contribution is -0.385. The second kappa shape index (κ2) is 5.61. The van der Waals surface area contributed by atoms with Crippen molar-refractivity contribution in [2.45, 2.75) is 37.1 Å². The summed E-state index contributed by atoms with van der Waals surface area (Å²) in [6.07, 6.45) is 2.71. The summed E-state index contributed by atoms with van der Waals surface area (Å²) in [7, 11) is 1.10. The van der Waals surface area contributed by atoms with Crippen LogP contribution in [0.1, 0.15) is 35.2 Å². The van der Waals surface area contributed by atoms with Crippen molar-refractivity contribution < 1.29 is 18.1 Å². The van der Waals surface area contributed by atoms with Crippen LogP contribution in [-0.4, -0.2) is 25.3 Å². The Bertz CT molecular complexity index is 713. The number of carbonyl (C=O) groups is 1. The van der Waals surface area contributed by atoms with Crippen LogP contribution >= 0.6 is 10.7 Å². The molecule has 0 spiro atoms. The Morgan fingerprint density at radius 1 is 1.43 bits per heavy atom. The Morgan fingerprint density at radius 2 is 2.05 bits per heavy atom. The predicted octanol–water partition coefficient (Wildman–Crippen LogP) is 2.11. The predicted molar refractivity (Wildman–Crippen MR) is 76.0 cm³/mol. The molecule has 9 heteroatoms. The Morgan fingerprint density at radius 3 is 2.48 bits per heavy atom. The van der Waals surface area contributed by atoms with E-state index in [2.05, 4.69) is 5.32 Å². The number of rotatable bonds is 4. The van der Waals surface area contributed by atoms with Crippen LogP contribution in [0.25, 0.3) is 0 Å². The molecule has 1 aromatic carbocycles. The summed E-state index contributed by atoms with van der Waals surface area (Å²) < 4.78 is 23.0. The molecule has 114 valence electrons. The number of nitro benzene ring substituents is 1. The molecule has 1 amide bonds. The van der Waals surface area contributed by atoms with Gasteiger partial charge in [-0.15, -0.1) is 0 Å². The van der Waals surface area contributed by atoms with Crippen LogP contribution in [0.4, 0.5) is 5.69 Å². The van der Waals surface area contributed by atoms with Gasteiger partial charge in [-0.2, -0.15) is 0 Å². The summed E-state index contributed by atoms with van der Waals surface area (Å²) in [6, 6.07) is 1.96. The number of non-ortho nitro benzene ring substituents is 1. The number of hydrogen-bond donors (Lipinski definition) is 1. The molecule has 1 saturated carbocycles. The third-order valence-electron chi connectivity index (χ3n) is 3.50. The summed E-state index contributed by atoms with van der Waals surface area (Å²) in [4.78, 5) is 21.9. The second-order valence-corrected chi connectivity index (χ2v) is 7.45. The van der Waals surface area contributed by atoms with E-state index in [1.807, 2.05) is 0 Å². The van der Waals surface area contributed by atoms with E-state index in [1.165, 1.54) is 6.92 Å². The highest BCUT2D eigenvalue weighted by molar-refractivity contribution is 8.13. The molecule has 0 heterocycles. The van der Waals surface area contributed by atoms with Gasteiger partial charge in [0.05, 0.1) is 15.4 Å². The van der Waals surface area contributed by atoms with Crippen LogP contribution in [0.3, 0.4) is 0 Å². The Labute approximate surface area is 125 Å². The van der Waals surface area contributed by atoms with Crippen LogP contribution in [0.15, 0.2) is 17.0 Å². The molecule has 0 unspecified atom stereocenters. The fourth-order valence-corrected chi connectivity index (χ4v) is 3.30. The monoisotopic (exact) mass is 332 g/mol. The highest BCUT2D eigenvalue weighted by Gasteiger charge is 2.26. The molecule has 1 aliphatic rings. The molecule has 0 atom stereocenters. The lowest BCUT2D eigenvalue weighted by Gasteiger charge is -2.26. The first kappa shape index (κ1) is 15.7.